The summed E-state index contributed by atoms with van der Waals surface area (Å²) in [6.45, 7) is 6.22. The first kappa shape index (κ1) is 30.7. The van der Waals surface area contributed by atoms with Crippen molar-refractivity contribution in [3.05, 3.63) is 64.1 Å². The maximum absolute atomic E-state index is 15.0. The fraction of sp³-hybridized carbons (Fsp3) is 0.414. The quantitative estimate of drug-likeness (QED) is 0.283. The van der Waals surface area contributed by atoms with Crippen LogP contribution < -0.4 is 15.3 Å². The van der Waals surface area contributed by atoms with Gasteiger partial charge in [-0.2, -0.15) is 18.2 Å². The van der Waals surface area contributed by atoms with Crippen molar-refractivity contribution in [2.45, 2.75) is 38.1 Å². The molecule has 1 amide bonds. The Morgan fingerprint density at radius 1 is 1.21 bits per heavy atom. The molecule has 0 aliphatic carbocycles. The summed E-state index contributed by atoms with van der Waals surface area (Å²) in [7, 11) is 1.28. The molecule has 1 fully saturated rings. The second-order valence-electron chi connectivity index (χ2n) is 11.0. The lowest BCUT2D eigenvalue weighted by atomic mass is 9.99. The fourth-order valence-corrected chi connectivity index (χ4v) is 6.23. The normalized spacial score (nSPS) is 20.5. The Balaban J connectivity index is 1.72. The summed E-state index contributed by atoms with van der Waals surface area (Å²) in [6, 6.07) is 2.99. The predicted octanol–water partition coefficient (Wildman–Crippen LogP) is 5.03. The summed E-state index contributed by atoms with van der Waals surface area (Å²) >= 11 is 6.73. The van der Waals surface area contributed by atoms with Gasteiger partial charge in [0.1, 0.15) is 24.1 Å². The monoisotopic (exact) mass is 625 g/mol. The molecule has 0 N–H and O–H groups in total. The summed E-state index contributed by atoms with van der Waals surface area (Å²) in [4.78, 5) is 35.1. The third-order valence-corrected chi connectivity index (χ3v) is 8.07. The van der Waals surface area contributed by atoms with E-state index in [-0.39, 0.29) is 64.4 Å². The standard InChI is InChI=1S/C29H29ClF5N5O3/c1-5-23(41)38-10-16(3)39(11-15(38)2)27-20-9-21(30)24(19-7-6-17(31)8-22(19)32)26-25(20)40(28(42)36-27)18(13-43-26)12-37(4)14-29(33,34)35/h5-9,15-16,18H,1,10-14H2,2-4H3/t15-,16+,18+/m1/s1. The van der Waals surface area contributed by atoms with Crippen LogP contribution in [-0.4, -0.2) is 83.4 Å². The Morgan fingerprint density at radius 3 is 2.58 bits per heavy atom. The van der Waals surface area contributed by atoms with Gasteiger partial charge >= 0.3 is 11.9 Å². The van der Waals surface area contributed by atoms with E-state index in [1.165, 1.54) is 29.8 Å². The van der Waals surface area contributed by atoms with Crippen LogP contribution in [0.2, 0.25) is 5.02 Å². The van der Waals surface area contributed by atoms with Crippen LogP contribution in [0.15, 0.2) is 41.7 Å². The van der Waals surface area contributed by atoms with Gasteiger partial charge in [-0.25, -0.2) is 13.6 Å². The van der Waals surface area contributed by atoms with Crippen LogP contribution in [0.25, 0.3) is 22.0 Å². The van der Waals surface area contributed by atoms with E-state index in [1.54, 1.807) is 4.90 Å². The Labute approximate surface area is 248 Å². The zero-order valence-electron chi connectivity index (χ0n) is 23.6. The molecule has 2 aromatic carbocycles. The summed E-state index contributed by atoms with van der Waals surface area (Å²) in [5, 5.41) is 0.395. The van der Waals surface area contributed by atoms with E-state index in [2.05, 4.69) is 11.6 Å². The molecule has 3 heterocycles. The number of anilines is 1. The Morgan fingerprint density at radius 2 is 1.93 bits per heavy atom. The lowest BCUT2D eigenvalue weighted by Gasteiger charge is -2.45. The van der Waals surface area contributed by atoms with Gasteiger partial charge in [0.15, 0.2) is 5.75 Å². The number of piperazine rings is 1. The highest BCUT2D eigenvalue weighted by atomic mass is 35.5. The Bertz CT molecular complexity index is 1660. The molecule has 0 saturated carbocycles. The van der Waals surface area contributed by atoms with E-state index in [0.717, 1.165) is 11.0 Å². The Kier molecular flexibility index (Phi) is 8.16. The molecular formula is C29H29ClF5N5O3. The molecule has 14 heteroatoms. The number of hydrogen-bond acceptors (Lipinski definition) is 6. The van der Waals surface area contributed by atoms with E-state index in [0.29, 0.717) is 24.5 Å². The number of carbonyl (C=O) groups excluding carboxylic acids is 1. The van der Waals surface area contributed by atoms with Gasteiger partial charge in [0, 0.05) is 54.3 Å². The zero-order chi connectivity index (χ0) is 31.4. The third kappa shape index (κ3) is 5.79. The number of alkyl halides is 3. The number of amides is 1. The molecule has 1 aromatic heterocycles. The first-order valence-electron chi connectivity index (χ1n) is 13.5. The molecule has 0 spiro atoms. The number of halogens is 6. The van der Waals surface area contributed by atoms with E-state index in [1.807, 2.05) is 18.7 Å². The van der Waals surface area contributed by atoms with Crippen molar-refractivity contribution in [2.75, 3.05) is 44.7 Å². The maximum atomic E-state index is 15.0. The molecule has 230 valence electrons. The van der Waals surface area contributed by atoms with Crippen molar-refractivity contribution in [2.24, 2.45) is 0 Å². The second-order valence-corrected chi connectivity index (χ2v) is 11.4. The molecular weight excluding hydrogens is 597 g/mol. The summed E-state index contributed by atoms with van der Waals surface area (Å²) < 4.78 is 75.5. The van der Waals surface area contributed by atoms with Crippen LogP contribution in [0.3, 0.4) is 0 Å². The van der Waals surface area contributed by atoms with Crippen molar-refractivity contribution in [3.63, 3.8) is 0 Å². The maximum Gasteiger partial charge on any atom is 0.401 e. The number of hydrogen-bond donors (Lipinski definition) is 0. The third-order valence-electron chi connectivity index (χ3n) is 7.77. The van der Waals surface area contributed by atoms with Crippen molar-refractivity contribution in [1.82, 2.24) is 19.4 Å². The summed E-state index contributed by atoms with van der Waals surface area (Å²) in [5.41, 5.74) is -0.567. The highest BCUT2D eigenvalue weighted by Gasteiger charge is 2.37. The SMILES string of the molecule is C=CC(=O)N1C[C@H](C)N(c2nc(=O)n3c4c(c(-c5ccc(F)cc5F)c(Cl)cc24)OC[C@@H]3CN(C)CC(F)(F)F)C[C@H]1C. The molecule has 3 atom stereocenters. The fourth-order valence-electron chi connectivity index (χ4n) is 5.93. The van der Waals surface area contributed by atoms with Gasteiger partial charge in [-0.3, -0.25) is 14.3 Å². The molecule has 43 heavy (non-hydrogen) atoms. The van der Waals surface area contributed by atoms with Crippen molar-refractivity contribution in [1.29, 1.82) is 0 Å². The van der Waals surface area contributed by atoms with E-state index in [4.69, 9.17) is 16.3 Å². The smallest absolute Gasteiger partial charge is 0.401 e. The Hall–Kier alpha value is -3.71. The molecule has 5 rings (SSSR count). The second kappa shape index (κ2) is 11.4. The number of rotatable bonds is 6. The van der Waals surface area contributed by atoms with Crippen molar-refractivity contribution >= 4 is 34.2 Å². The van der Waals surface area contributed by atoms with Crippen molar-refractivity contribution in [3.8, 4) is 16.9 Å². The molecule has 3 aromatic rings. The number of likely N-dealkylation sites (N-methyl/N-ethyl adjacent to an activating group) is 1. The van der Waals surface area contributed by atoms with Crippen molar-refractivity contribution < 1.29 is 31.5 Å². The van der Waals surface area contributed by atoms with E-state index in [9.17, 15) is 27.2 Å². The largest absolute Gasteiger partial charge is 0.488 e. The lowest BCUT2D eigenvalue weighted by molar-refractivity contribution is -0.144. The van der Waals surface area contributed by atoms with Crippen LogP contribution in [0.1, 0.15) is 19.9 Å². The zero-order valence-corrected chi connectivity index (χ0v) is 24.3. The minimum Gasteiger partial charge on any atom is -0.488 e. The van der Waals surface area contributed by atoms with Crippen LogP contribution in [-0.2, 0) is 4.79 Å². The highest BCUT2D eigenvalue weighted by molar-refractivity contribution is 6.35. The van der Waals surface area contributed by atoms with Gasteiger partial charge in [-0.05, 0) is 45.2 Å². The number of carbonyl (C=O) groups is 1. The first-order valence-corrected chi connectivity index (χ1v) is 13.9. The average Bonchev–Trinajstić information content (AvgIpc) is 2.91. The van der Waals surface area contributed by atoms with Gasteiger partial charge in [0.25, 0.3) is 0 Å². The molecule has 8 nitrogen and oxygen atoms in total. The molecule has 2 aliphatic rings. The topological polar surface area (TPSA) is 70.9 Å². The molecule has 0 unspecified atom stereocenters. The van der Waals surface area contributed by atoms with Crippen LogP contribution in [0.5, 0.6) is 5.75 Å². The summed E-state index contributed by atoms with van der Waals surface area (Å²) in [6.07, 6.45) is -3.23. The molecule has 0 radical (unpaired) electrons. The lowest BCUT2D eigenvalue weighted by Crippen LogP contribution is -2.58. The molecule has 2 aliphatic heterocycles. The highest BCUT2D eigenvalue weighted by Crippen LogP contribution is 2.47. The summed E-state index contributed by atoms with van der Waals surface area (Å²) in [5.74, 6) is -1.69. The number of nitrogens with zero attached hydrogens (tertiary/aromatic N) is 5. The number of aromatic nitrogens is 2. The van der Waals surface area contributed by atoms with Crippen LogP contribution in [0.4, 0.5) is 27.8 Å². The van der Waals surface area contributed by atoms with Gasteiger partial charge in [0.2, 0.25) is 5.91 Å². The minimum absolute atomic E-state index is 0.0321. The van der Waals surface area contributed by atoms with Gasteiger partial charge in [0.05, 0.1) is 23.1 Å². The molecule has 1 saturated heterocycles. The molecule has 0 bridgehead atoms. The van der Waals surface area contributed by atoms with Crippen LogP contribution >= 0.6 is 11.6 Å². The van der Waals surface area contributed by atoms with E-state index >= 15 is 4.39 Å². The van der Waals surface area contributed by atoms with E-state index < -0.39 is 36.1 Å². The number of benzene rings is 2. The van der Waals surface area contributed by atoms with Gasteiger partial charge < -0.3 is 14.5 Å². The minimum atomic E-state index is -4.46. The van der Waals surface area contributed by atoms with Gasteiger partial charge in [-0.1, -0.05) is 18.2 Å². The average molecular weight is 626 g/mol. The van der Waals surface area contributed by atoms with Crippen LogP contribution in [0, 0.1) is 11.6 Å². The number of ether oxygens (including phenoxy) is 1. The predicted molar refractivity (Wildman–Crippen MR) is 153 cm³/mol. The first-order chi connectivity index (χ1) is 20.2. The van der Waals surface area contributed by atoms with Gasteiger partial charge in [-0.15, -0.1) is 0 Å².